The molecule has 0 heterocycles. The fourth-order valence-corrected chi connectivity index (χ4v) is 3.30. The molecule has 3 nitrogen and oxygen atoms in total. The Morgan fingerprint density at radius 2 is 1.79 bits per heavy atom. The van der Waals surface area contributed by atoms with Gasteiger partial charge in [0.15, 0.2) is 0 Å². The predicted molar refractivity (Wildman–Crippen MR) is 95.8 cm³/mol. The molecule has 2 aromatic carbocycles. The van der Waals surface area contributed by atoms with Crippen LogP contribution in [0.15, 0.2) is 53.7 Å². The van der Waals surface area contributed by atoms with E-state index in [1.165, 1.54) is 37.7 Å². The zero-order chi connectivity index (χ0) is 16.6. The summed E-state index contributed by atoms with van der Waals surface area (Å²) >= 11 is 0. The third-order valence-corrected chi connectivity index (χ3v) is 4.62. The summed E-state index contributed by atoms with van der Waals surface area (Å²) in [4.78, 5) is 5.43. The lowest BCUT2D eigenvalue weighted by molar-refractivity contribution is 0.132. The molecule has 0 aliphatic heterocycles. The van der Waals surface area contributed by atoms with Crippen LogP contribution in [0.5, 0.6) is 0 Å². The number of hydrogen-bond donors (Lipinski definition) is 0. The summed E-state index contributed by atoms with van der Waals surface area (Å²) in [6.45, 7) is 0.411. The molecule has 0 aromatic heterocycles. The average molecular weight is 318 g/mol. The van der Waals surface area contributed by atoms with Gasteiger partial charge in [0.05, 0.1) is 17.8 Å². The Morgan fingerprint density at radius 3 is 2.54 bits per heavy atom. The molecule has 3 rings (SSSR count). The van der Waals surface area contributed by atoms with Gasteiger partial charge in [-0.1, -0.05) is 60.8 Å². The van der Waals surface area contributed by atoms with E-state index < -0.39 is 0 Å². The summed E-state index contributed by atoms with van der Waals surface area (Å²) in [5, 5.41) is 12.9. The largest absolute Gasteiger partial charge is 0.391 e. The smallest absolute Gasteiger partial charge is 0.142 e. The SMILES string of the molecule is N#Cc1ccc(CON=Cc2ccccc2C2CCCCC2)cc1. The molecule has 1 saturated carbocycles. The molecule has 0 atom stereocenters. The molecule has 3 heteroatoms. The minimum Gasteiger partial charge on any atom is -0.391 e. The van der Waals surface area contributed by atoms with E-state index in [-0.39, 0.29) is 0 Å². The van der Waals surface area contributed by atoms with Crippen LogP contribution in [0.1, 0.15) is 60.3 Å². The van der Waals surface area contributed by atoms with Gasteiger partial charge in [0, 0.05) is 0 Å². The topological polar surface area (TPSA) is 45.4 Å². The summed E-state index contributed by atoms with van der Waals surface area (Å²) in [6.07, 6.45) is 8.39. The molecule has 0 amide bonds. The Hall–Kier alpha value is -2.60. The van der Waals surface area contributed by atoms with Crippen molar-refractivity contribution in [1.29, 1.82) is 5.26 Å². The summed E-state index contributed by atoms with van der Waals surface area (Å²) in [5.74, 6) is 0.653. The summed E-state index contributed by atoms with van der Waals surface area (Å²) in [6, 6.07) is 18.0. The van der Waals surface area contributed by atoms with E-state index in [2.05, 4.69) is 29.4 Å². The van der Waals surface area contributed by atoms with Crippen molar-refractivity contribution in [1.82, 2.24) is 0 Å². The fourth-order valence-electron chi connectivity index (χ4n) is 3.30. The molecule has 0 N–H and O–H groups in total. The number of rotatable bonds is 5. The minimum atomic E-state index is 0.411. The molecular formula is C21H22N2O. The number of nitriles is 1. The highest BCUT2D eigenvalue weighted by Crippen LogP contribution is 2.33. The van der Waals surface area contributed by atoms with Gasteiger partial charge in [-0.2, -0.15) is 5.26 Å². The first-order valence-electron chi connectivity index (χ1n) is 8.60. The van der Waals surface area contributed by atoms with Crippen LogP contribution in [0.4, 0.5) is 0 Å². The van der Waals surface area contributed by atoms with Crippen LogP contribution < -0.4 is 0 Å². The van der Waals surface area contributed by atoms with E-state index >= 15 is 0 Å². The second-order valence-corrected chi connectivity index (χ2v) is 6.28. The highest BCUT2D eigenvalue weighted by molar-refractivity contribution is 5.81. The lowest BCUT2D eigenvalue weighted by Gasteiger charge is -2.23. The van der Waals surface area contributed by atoms with Crippen molar-refractivity contribution in [2.45, 2.75) is 44.6 Å². The zero-order valence-corrected chi connectivity index (χ0v) is 13.8. The second-order valence-electron chi connectivity index (χ2n) is 6.28. The van der Waals surface area contributed by atoms with Gasteiger partial charge in [-0.15, -0.1) is 0 Å². The van der Waals surface area contributed by atoms with Crippen LogP contribution in [0.25, 0.3) is 0 Å². The Balaban J connectivity index is 1.61. The maximum atomic E-state index is 8.80. The molecule has 0 spiro atoms. The number of benzene rings is 2. The maximum Gasteiger partial charge on any atom is 0.142 e. The molecule has 1 fully saturated rings. The second kappa shape index (κ2) is 8.31. The van der Waals surface area contributed by atoms with Gasteiger partial charge in [0.2, 0.25) is 0 Å². The van der Waals surface area contributed by atoms with E-state index in [1.807, 2.05) is 24.4 Å². The van der Waals surface area contributed by atoms with Gasteiger partial charge in [0.1, 0.15) is 6.61 Å². The van der Waals surface area contributed by atoms with Crippen LogP contribution in [0, 0.1) is 11.3 Å². The summed E-state index contributed by atoms with van der Waals surface area (Å²) in [7, 11) is 0. The van der Waals surface area contributed by atoms with E-state index in [9.17, 15) is 0 Å². The first kappa shape index (κ1) is 16.3. The van der Waals surface area contributed by atoms with Crippen LogP contribution in [-0.4, -0.2) is 6.21 Å². The molecule has 0 bridgehead atoms. The summed E-state index contributed by atoms with van der Waals surface area (Å²) < 4.78 is 0. The molecule has 1 aliphatic rings. The third kappa shape index (κ3) is 4.23. The van der Waals surface area contributed by atoms with Crippen molar-refractivity contribution in [3.8, 4) is 6.07 Å². The van der Waals surface area contributed by atoms with Crippen molar-refractivity contribution in [2.75, 3.05) is 0 Å². The molecule has 0 saturated heterocycles. The van der Waals surface area contributed by atoms with E-state index in [1.54, 1.807) is 12.1 Å². The van der Waals surface area contributed by atoms with Gasteiger partial charge in [-0.3, -0.25) is 0 Å². The summed E-state index contributed by atoms with van der Waals surface area (Å²) in [5.41, 5.74) is 4.21. The molecule has 0 unspecified atom stereocenters. The molecule has 2 aromatic rings. The molecule has 24 heavy (non-hydrogen) atoms. The highest BCUT2D eigenvalue weighted by atomic mass is 16.6. The van der Waals surface area contributed by atoms with Gasteiger partial charge in [0.25, 0.3) is 0 Å². The van der Waals surface area contributed by atoms with Gasteiger partial charge < -0.3 is 4.84 Å². The first-order chi connectivity index (χ1) is 11.9. The minimum absolute atomic E-state index is 0.411. The van der Waals surface area contributed by atoms with E-state index in [4.69, 9.17) is 10.1 Å². The maximum absolute atomic E-state index is 8.80. The lowest BCUT2D eigenvalue weighted by atomic mass is 9.82. The fraction of sp³-hybridized carbons (Fsp3) is 0.333. The lowest BCUT2D eigenvalue weighted by Crippen LogP contribution is -2.07. The van der Waals surface area contributed by atoms with Crippen LogP contribution in [0.2, 0.25) is 0 Å². The van der Waals surface area contributed by atoms with E-state index in [0.717, 1.165) is 11.1 Å². The van der Waals surface area contributed by atoms with Crippen molar-refractivity contribution in [2.24, 2.45) is 5.16 Å². The standard InChI is InChI=1S/C21H22N2O/c22-14-17-10-12-18(13-11-17)16-24-23-15-20-8-4-5-9-21(20)19-6-2-1-3-7-19/h4-5,8-13,15,19H,1-3,6-7,16H2. The average Bonchev–Trinajstić information content (AvgIpc) is 2.67. The highest BCUT2D eigenvalue weighted by Gasteiger charge is 2.17. The molecule has 1 aliphatic carbocycles. The van der Waals surface area contributed by atoms with Crippen molar-refractivity contribution in [3.63, 3.8) is 0 Å². The van der Waals surface area contributed by atoms with Gasteiger partial charge in [-0.25, -0.2) is 0 Å². The van der Waals surface area contributed by atoms with Gasteiger partial charge in [-0.05, 0) is 47.6 Å². The first-order valence-corrected chi connectivity index (χ1v) is 8.60. The van der Waals surface area contributed by atoms with Gasteiger partial charge >= 0.3 is 0 Å². The Bertz CT molecular complexity index is 722. The zero-order valence-electron chi connectivity index (χ0n) is 13.8. The van der Waals surface area contributed by atoms with Crippen LogP contribution >= 0.6 is 0 Å². The number of oxime groups is 1. The third-order valence-electron chi connectivity index (χ3n) is 4.62. The van der Waals surface area contributed by atoms with Crippen molar-refractivity contribution in [3.05, 3.63) is 70.8 Å². The van der Waals surface area contributed by atoms with Crippen LogP contribution in [0.3, 0.4) is 0 Å². The number of hydrogen-bond acceptors (Lipinski definition) is 3. The normalized spacial score (nSPS) is 15.3. The predicted octanol–water partition coefficient (Wildman–Crippen LogP) is 5.16. The molecule has 122 valence electrons. The van der Waals surface area contributed by atoms with Crippen molar-refractivity contribution >= 4 is 6.21 Å². The Morgan fingerprint density at radius 1 is 1.04 bits per heavy atom. The molecular weight excluding hydrogens is 296 g/mol. The number of nitrogens with zero attached hydrogens (tertiary/aromatic N) is 2. The van der Waals surface area contributed by atoms with E-state index in [0.29, 0.717) is 18.1 Å². The quantitative estimate of drug-likeness (QED) is 0.565. The van der Waals surface area contributed by atoms with Crippen molar-refractivity contribution < 1.29 is 4.84 Å². The Labute approximate surface area is 143 Å². The van der Waals surface area contributed by atoms with Crippen LogP contribution in [-0.2, 0) is 11.4 Å². The monoisotopic (exact) mass is 318 g/mol. The Kier molecular flexibility index (Phi) is 5.63. The molecule has 0 radical (unpaired) electrons.